The lowest BCUT2D eigenvalue weighted by molar-refractivity contribution is -0.130. The van der Waals surface area contributed by atoms with E-state index in [0.29, 0.717) is 16.8 Å². The van der Waals surface area contributed by atoms with Crippen LogP contribution in [0.5, 0.6) is 5.75 Å². The maximum atomic E-state index is 13.8. The van der Waals surface area contributed by atoms with Gasteiger partial charge >= 0.3 is 0 Å². The van der Waals surface area contributed by atoms with Gasteiger partial charge in [0.05, 0.1) is 19.6 Å². The number of aliphatic hydroxyl groups is 1. The highest BCUT2D eigenvalue weighted by Gasteiger charge is 2.38. The number of amides is 2. The molecule has 0 saturated carbocycles. The third-order valence-corrected chi connectivity index (χ3v) is 9.50. The fraction of sp³-hybridized carbons (Fsp3) is 0.387. The fourth-order valence-corrected chi connectivity index (χ4v) is 6.68. The standard InChI is InChI=1S/C31H38N4O6S/c1-21-18-35(22(2)20-36)42(39,40)29-14-13-25(23-9-11-24(12-10-23)31(38)33(3)4)16-27(29)41-28(21)19-34(5)30(37)17-26-8-6-7-15-32-26/h6-16,21-22,28,36H,17-20H2,1-5H3/t21-,22-,28-/m1/s1. The van der Waals surface area contributed by atoms with Crippen LogP contribution in [-0.4, -0.2) is 97.4 Å². The molecule has 3 atom stereocenters. The Kier molecular flexibility index (Phi) is 9.65. The molecular weight excluding hydrogens is 556 g/mol. The Morgan fingerprint density at radius 2 is 1.76 bits per heavy atom. The number of pyridine rings is 1. The summed E-state index contributed by atoms with van der Waals surface area (Å²) in [7, 11) is 1.05. The molecule has 0 spiro atoms. The molecule has 2 amide bonds. The number of carbonyl (C=O) groups is 2. The van der Waals surface area contributed by atoms with Crippen LogP contribution in [0.3, 0.4) is 0 Å². The molecule has 4 rings (SSSR count). The summed E-state index contributed by atoms with van der Waals surface area (Å²) in [5.41, 5.74) is 2.68. The van der Waals surface area contributed by atoms with Crippen molar-refractivity contribution in [3.63, 3.8) is 0 Å². The van der Waals surface area contributed by atoms with Crippen LogP contribution in [0.15, 0.2) is 71.8 Å². The lowest BCUT2D eigenvalue weighted by Crippen LogP contribution is -2.50. The molecule has 0 aliphatic carbocycles. The van der Waals surface area contributed by atoms with E-state index < -0.39 is 22.2 Å². The number of sulfonamides is 1. The number of ether oxygens (including phenoxy) is 1. The first-order valence-electron chi connectivity index (χ1n) is 13.8. The molecular formula is C31H38N4O6S. The van der Waals surface area contributed by atoms with Crippen LogP contribution >= 0.6 is 0 Å². The van der Waals surface area contributed by atoms with Gasteiger partial charge in [-0.1, -0.05) is 31.2 Å². The lowest BCUT2D eigenvalue weighted by Gasteiger charge is -2.37. The minimum Gasteiger partial charge on any atom is -0.487 e. The Labute approximate surface area is 247 Å². The number of aromatic nitrogens is 1. The van der Waals surface area contributed by atoms with Crippen LogP contribution in [0, 0.1) is 5.92 Å². The van der Waals surface area contributed by atoms with Crippen LogP contribution in [0.25, 0.3) is 11.1 Å². The highest BCUT2D eigenvalue weighted by molar-refractivity contribution is 7.89. The van der Waals surface area contributed by atoms with Crippen molar-refractivity contribution in [3.05, 3.63) is 78.1 Å². The minimum absolute atomic E-state index is 0.00896. The molecule has 224 valence electrons. The summed E-state index contributed by atoms with van der Waals surface area (Å²) in [5, 5.41) is 9.91. The van der Waals surface area contributed by atoms with Gasteiger partial charge in [-0.15, -0.1) is 0 Å². The summed E-state index contributed by atoms with van der Waals surface area (Å²) in [5.74, 6) is -0.405. The van der Waals surface area contributed by atoms with Crippen LogP contribution in [0.2, 0.25) is 0 Å². The third kappa shape index (κ3) is 6.80. The third-order valence-electron chi connectivity index (χ3n) is 7.48. The van der Waals surface area contributed by atoms with E-state index in [9.17, 15) is 23.1 Å². The highest BCUT2D eigenvalue weighted by atomic mass is 32.2. The molecule has 1 aliphatic heterocycles. The van der Waals surface area contributed by atoms with E-state index in [1.54, 1.807) is 87.7 Å². The van der Waals surface area contributed by atoms with Gasteiger partial charge in [-0.05, 0) is 54.4 Å². The van der Waals surface area contributed by atoms with E-state index in [0.717, 1.165) is 5.56 Å². The molecule has 0 radical (unpaired) electrons. The molecule has 2 aromatic carbocycles. The predicted octanol–water partition coefficient (Wildman–Crippen LogP) is 2.92. The van der Waals surface area contributed by atoms with Crippen molar-refractivity contribution >= 4 is 21.8 Å². The molecule has 10 nitrogen and oxygen atoms in total. The number of hydrogen-bond donors (Lipinski definition) is 1. The average Bonchev–Trinajstić information content (AvgIpc) is 2.98. The highest BCUT2D eigenvalue weighted by Crippen LogP contribution is 2.36. The largest absolute Gasteiger partial charge is 0.487 e. The first-order chi connectivity index (χ1) is 19.9. The second kappa shape index (κ2) is 13.0. The zero-order valence-electron chi connectivity index (χ0n) is 24.6. The maximum absolute atomic E-state index is 13.8. The molecule has 3 aromatic rings. The molecule has 0 unspecified atom stereocenters. The van der Waals surface area contributed by atoms with Crippen molar-refractivity contribution in [2.24, 2.45) is 5.92 Å². The van der Waals surface area contributed by atoms with Crippen molar-refractivity contribution in [2.75, 3.05) is 40.8 Å². The Balaban J connectivity index is 1.69. The Bertz CT molecular complexity index is 1510. The van der Waals surface area contributed by atoms with Crippen molar-refractivity contribution < 1.29 is 27.9 Å². The number of carbonyl (C=O) groups excluding carboxylic acids is 2. The molecule has 2 heterocycles. The number of rotatable bonds is 8. The molecule has 1 N–H and O–H groups in total. The van der Waals surface area contributed by atoms with Crippen LogP contribution in [0.4, 0.5) is 0 Å². The Hall–Kier alpha value is -3.80. The van der Waals surface area contributed by atoms with E-state index in [2.05, 4.69) is 4.98 Å². The van der Waals surface area contributed by atoms with Gasteiger partial charge < -0.3 is 19.6 Å². The number of fused-ring (bicyclic) bond motifs is 1. The summed E-state index contributed by atoms with van der Waals surface area (Å²) in [4.78, 5) is 32.7. The smallest absolute Gasteiger partial charge is 0.253 e. The summed E-state index contributed by atoms with van der Waals surface area (Å²) < 4.78 is 35.4. The van der Waals surface area contributed by atoms with E-state index in [1.165, 1.54) is 15.3 Å². The van der Waals surface area contributed by atoms with Crippen molar-refractivity contribution in [1.29, 1.82) is 0 Å². The number of benzene rings is 2. The zero-order chi connectivity index (χ0) is 30.6. The normalized spacial score (nSPS) is 19.0. The van der Waals surface area contributed by atoms with E-state index >= 15 is 0 Å². The van der Waals surface area contributed by atoms with Gasteiger partial charge in [0, 0.05) is 57.1 Å². The second-order valence-corrected chi connectivity index (χ2v) is 12.8. The van der Waals surface area contributed by atoms with Gasteiger partial charge in [-0.2, -0.15) is 4.31 Å². The van der Waals surface area contributed by atoms with E-state index in [-0.39, 0.29) is 54.5 Å². The number of likely N-dealkylation sites (N-methyl/N-ethyl adjacent to an activating group) is 1. The minimum atomic E-state index is -4.01. The zero-order valence-corrected chi connectivity index (χ0v) is 25.4. The van der Waals surface area contributed by atoms with Crippen molar-refractivity contribution in [3.8, 4) is 16.9 Å². The quantitative estimate of drug-likeness (QED) is 0.426. The molecule has 0 fully saturated rings. The van der Waals surface area contributed by atoms with E-state index in [4.69, 9.17) is 4.74 Å². The lowest BCUT2D eigenvalue weighted by atomic mass is 10.0. The number of hydrogen-bond acceptors (Lipinski definition) is 7. The molecule has 11 heteroatoms. The Morgan fingerprint density at radius 1 is 1.07 bits per heavy atom. The van der Waals surface area contributed by atoms with Gasteiger partial charge in [0.15, 0.2) is 0 Å². The molecule has 0 saturated heterocycles. The monoisotopic (exact) mass is 594 g/mol. The van der Waals surface area contributed by atoms with Crippen molar-refractivity contribution in [1.82, 2.24) is 19.1 Å². The molecule has 0 bridgehead atoms. The Morgan fingerprint density at radius 3 is 2.38 bits per heavy atom. The second-order valence-electron chi connectivity index (χ2n) is 11.0. The molecule has 1 aromatic heterocycles. The number of aliphatic hydroxyl groups excluding tert-OH is 1. The van der Waals surface area contributed by atoms with Crippen molar-refractivity contribution in [2.45, 2.75) is 37.3 Å². The van der Waals surface area contributed by atoms with Crippen LogP contribution in [-0.2, 0) is 21.2 Å². The topological polar surface area (TPSA) is 120 Å². The first kappa shape index (κ1) is 31.1. The summed E-state index contributed by atoms with van der Waals surface area (Å²) in [6.45, 7) is 3.53. The summed E-state index contributed by atoms with van der Waals surface area (Å²) in [6, 6.07) is 16.7. The van der Waals surface area contributed by atoms with Gasteiger partial charge in [-0.3, -0.25) is 14.6 Å². The maximum Gasteiger partial charge on any atom is 0.253 e. The summed E-state index contributed by atoms with van der Waals surface area (Å²) >= 11 is 0. The molecule has 42 heavy (non-hydrogen) atoms. The number of nitrogens with zero attached hydrogens (tertiary/aromatic N) is 4. The van der Waals surface area contributed by atoms with Gasteiger partial charge in [0.1, 0.15) is 16.7 Å². The fourth-order valence-electron chi connectivity index (χ4n) is 4.85. The van der Waals surface area contributed by atoms with Crippen LogP contribution < -0.4 is 4.74 Å². The van der Waals surface area contributed by atoms with Gasteiger partial charge in [0.25, 0.3) is 5.91 Å². The molecule has 1 aliphatic rings. The van der Waals surface area contributed by atoms with Crippen LogP contribution in [0.1, 0.15) is 29.9 Å². The van der Waals surface area contributed by atoms with Gasteiger partial charge in [0.2, 0.25) is 15.9 Å². The first-order valence-corrected chi connectivity index (χ1v) is 15.3. The predicted molar refractivity (Wildman–Crippen MR) is 159 cm³/mol. The van der Waals surface area contributed by atoms with E-state index in [1.807, 2.05) is 13.0 Å². The summed E-state index contributed by atoms with van der Waals surface area (Å²) in [6.07, 6.45) is 1.23. The average molecular weight is 595 g/mol. The van der Waals surface area contributed by atoms with Gasteiger partial charge in [-0.25, -0.2) is 8.42 Å². The SMILES string of the molecule is C[C@@H]1CN([C@H](C)CO)S(=O)(=O)c2ccc(-c3ccc(C(=O)N(C)C)cc3)cc2O[C@@H]1CN(C)C(=O)Cc1ccccn1.